The van der Waals surface area contributed by atoms with Crippen LogP contribution in [-0.2, 0) is 4.79 Å². The Hall–Kier alpha value is -2.07. The minimum absolute atomic E-state index is 0.0965. The zero-order valence-electron chi connectivity index (χ0n) is 9.74. The molecular weight excluding hydrogens is 230 g/mol. The number of β-amino-alcohol motifs (C(OH)–C–C–N with tert-alkyl or cyclic N) is 1. The van der Waals surface area contributed by atoms with Gasteiger partial charge in [-0.15, -0.1) is 0 Å². The summed E-state index contributed by atoms with van der Waals surface area (Å²) in [6, 6.07) is 9.60. The van der Waals surface area contributed by atoms with Gasteiger partial charge in [-0.1, -0.05) is 18.2 Å². The zero-order chi connectivity index (χ0) is 12.5. The zero-order valence-corrected chi connectivity index (χ0v) is 9.74. The molecule has 0 radical (unpaired) electrons. The van der Waals surface area contributed by atoms with Crippen LogP contribution in [0.15, 0.2) is 40.8 Å². The molecule has 1 saturated heterocycles. The minimum Gasteiger partial charge on any atom is -0.457 e. The number of amides is 1. The van der Waals surface area contributed by atoms with Gasteiger partial charge in [-0.05, 0) is 18.2 Å². The Labute approximate surface area is 104 Å². The van der Waals surface area contributed by atoms with Crippen molar-refractivity contribution in [1.29, 1.82) is 0 Å². The van der Waals surface area contributed by atoms with Crippen LogP contribution in [0.5, 0.6) is 0 Å². The van der Waals surface area contributed by atoms with Crippen LogP contribution in [-0.4, -0.2) is 35.1 Å². The number of carbonyl (C=O) groups excluding carboxylic acids is 1. The molecule has 0 spiro atoms. The number of nitrogens with zero attached hydrogens (tertiary/aromatic N) is 1. The Kier molecular flexibility index (Phi) is 2.64. The van der Waals surface area contributed by atoms with Crippen molar-refractivity contribution in [3.63, 3.8) is 0 Å². The summed E-state index contributed by atoms with van der Waals surface area (Å²) < 4.78 is 5.56. The van der Waals surface area contributed by atoms with Crippen molar-refractivity contribution in [1.82, 2.24) is 4.90 Å². The van der Waals surface area contributed by atoms with E-state index in [-0.39, 0.29) is 12.0 Å². The average molecular weight is 243 g/mol. The Bertz CT molecular complexity index is 575. The molecule has 0 aliphatic carbocycles. The molecule has 1 aromatic carbocycles. The summed E-state index contributed by atoms with van der Waals surface area (Å²) in [7, 11) is 0. The number of fused-ring (bicyclic) bond motifs is 1. The van der Waals surface area contributed by atoms with E-state index in [4.69, 9.17) is 9.52 Å². The third kappa shape index (κ3) is 2.02. The molecule has 1 aliphatic heterocycles. The van der Waals surface area contributed by atoms with Crippen molar-refractivity contribution < 1.29 is 14.3 Å². The topological polar surface area (TPSA) is 53.7 Å². The normalized spacial score (nSPS) is 16.4. The molecule has 92 valence electrons. The van der Waals surface area contributed by atoms with Crippen LogP contribution >= 0.6 is 0 Å². The van der Waals surface area contributed by atoms with E-state index in [9.17, 15) is 4.79 Å². The van der Waals surface area contributed by atoms with Gasteiger partial charge in [0, 0.05) is 24.6 Å². The molecule has 1 aliphatic rings. The van der Waals surface area contributed by atoms with Gasteiger partial charge in [-0.2, -0.15) is 0 Å². The van der Waals surface area contributed by atoms with Gasteiger partial charge in [-0.3, -0.25) is 4.79 Å². The SMILES string of the molecule is O=C(/C=C/c1cc2ccccc2o1)N1CC(O)C1. The fraction of sp³-hybridized carbons (Fsp3) is 0.214. The van der Waals surface area contributed by atoms with Gasteiger partial charge in [0.15, 0.2) is 0 Å². The van der Waals surface area contributed by atoms with E-state index in [0.29, 0.717) is 18.8 Å². The maximum absolute atomic E-state index is 11.6. The number of para-hydroxylation sites is 1. The van der Waals surface area contributed by atoms with Crippen molar-refractivity contribution in [2.45, 2.75) is 6.10 Å². The molecule has 4 nitrogen and oxygen atoms in total. The number of likely N-dealkylation sites (tertiary alicyclic amines) is 1. The highest BCUT2D eigenvalue weighted by Gasteiger charge is 2.27. The Balaban J connectivity index is 1.73. The molecule has 0 bridgehead atoms. The molecule has 3 rings (SSSR count). The number of furan rings is 1. The molecule has 1 fully saturated rings. The lowest BCUT2D eigenvalue weighted by Crippen LogP contribution is -2.52. The largest absolute Gasteiger partial charge is 0.457 e. The maximum atomic E-state index is 11.6. The number of carbonyl (C=O) groups is 1. The maximum Gasteiger partial charge on any atom is 0.246 e. The lowest BCUT2D eigenvalue weighted by atomic mass is 10.1. The summed E-state index contributed by atoms with van der Waals surface area (Å²) in [6.45, 7) is 0.840. The van der Waals surface area contributed by atoms with E-state index in [2.05, 4.69) is 0 Å². The third-order valence-corrected chi connectivity index (χ3v) is 3.01. The smallest absolute Gasteiger partial charge is 0.246 e. The Morgan fingerprint density at radius 2 is 2.17 bits per heavy atom. The summed E-state index contributed by atoms with van der Waals surface area (Å²) in [5, 5.41) is 10.1. The minimum atomic E-state index is -0.367. The fourth-order valence-corrected chi connectivity index (χ4v) is 1.98. The molecule has 0 atom stereocenters. The molecule has 1 N–H and O–H groups in total. The van der Waals surface area contributed by atoms with E-state index in [1.807, 2.05) is 30.3 Å². The number of hydrogen-bond acceptors (Lipinski definition) is 3. The van der Waals surface area contributed by atoms with E-state index >= 15 is 0 Å². The van der Waals surface area contributed by atoms with E-state index in [0.717, 1.165) is 11.0 Å². The van der Waals surface area contributed by atoms with Crippen LogP contribution in [0.25, 0.3) is 17.0 Å². The highest BCUT2D eigenvalue weighted by atomic mass is 16.3. The van der Waals surface area contributed by atoms with Crippen molar-refractivity contribution >= 4 is 23.0 Å². The fourth-order valence-electron chi connectivity index (χ4n) is 1.98. The predicted molar refractivity (Wildman–Crippen MR) is 67.8 cm³/mol. The van der Waals surface area contributed by atoms with Crippen LogP contribution in [0.4, 0.5) is 0 Å². The van der Waals surface area contributed by atoms with Crippen LogP contribution in [0.3, 0.4) is 0 Å². The van der Waals surface area contributed by atoms with Crippen molar-refractivity contribution in [3.8, 4) is 0 Å². The number of aliphatic hydroxyl groups excluding tert-OH is 1. The van der Waals surface area contributed by atoms with Crippen LogP contribution < -0.4 is 0 Å². The van der Waals surface area contributed by atoms with E-state index in [1.165, 1.54) is 6.08 Å². The van der Waals surface area contributed by atoms with Gasteiger partial charge in [0.05, 0.1) is 6.10 Å². The van der Waals surface area contributed by atoms with Gasteiger partial charge in [0.2, 0.25) is 5.91 Å². The molecule has 1 aromatic heterocycles. The summed E-state index contributed by atoms with van der Waals surface area (Å²) >= 11 is 0. The first-order valence-electron chi connectivity index (χ1n) is 5.86. The highest BCUT2D eigenvalue weighted by molar-refractivity contribution is 5.92. The first kappa shape index (κ1) is 11.0. The lowest BCUT2D eigenvalue weighted by molar-refractivity contribution is -0.135. The summed E-state index contributed by atoms with van der Waals surface area (Å²) in [5.41, 5.74) is 0.809. The number of benzene rings is 1. The molecule has 4 heteroatoms. The third-order valence-electron chi connectivity index (χ3n) is 3.01. The number of hydrogen-bond donors (Lipinski definition) is 1. The first-order valence-corrected chi connectivity index (χ1v) is 5.86. The molecule has 18 heavy (non-hydrogen) atoms. The monoisotopic (exact) mass is 243 g/mol. The average Bonchev–Trinajstić information content (AvgIpc) is 2.74. The van der Waals surface area contributed by atoms with Crippen molar-refractivity contribution in [2.75, 3.05) is 13.1 Å². The van der Waals surface area contributed by atoms with Crippen LogP contribution in [0.2, 0.25) is 0 Å². The second-order valence-electron chi connectivity index (χ2n) is 4.42. The van der Waals surface area contributed by atoms with E-state index < -0.39 is 0 Å². The van der Waals surface area contributed by atoms with Crippen LogP contribution in [0.1, 0.15) is 5.76 Å². The second kappa shape index (κ2) is 4.31. The molecule has 2 aromatic rings. The van der Waals surface area contributed by atoms with Gasteiger partial charge in [-0.25, -0.2) is 0 Å². The van der Waals surface area contributed by atoms with Gasteiger partial charge >= 0.3 is 0 Å². The van der Waals surface area contributed by atoms with Gasteiger partial charge in [0.25, 0.3) is 0 Å². The first-order chi connectivity index (χ1) is 8.72. The highest BCUT2D eigenvalue weighted by Crippen LogP contribution is 2.19. The van der Waals surface area contributed by atoms with E-state index in [1.54, 1.807) is 11.0 Å². The number of rotatable bonds is 2. The number of aliphatic hydroxyl groups is 1. The lowest BCUT2D eigenvalue weighted by Gasteiger charge is -2.34. The Morgan fingerprint density at radius 3 is 2.89 bits per heavy atom. The quantitative estimate of drug-likeness (QED) is 0.816. The van der Waals surface area contributed by atoms with Crippen molar-refractivity contribution in [2.24, 2.45) is 0 Å². The van der Waals surface area contributed by atoms with Gasteiger partial charge < -0.3 is 14.4 Å². The Morgan fingerprint density at radius 1 is 1.39 bits per heavy atom. The molecular formula is C14H13NO3. The summed E-state index contributed by atoms with van der Waals surface area (Å²) in [4.78, 5) is 13.2. The standard InChI is InChI=1S/C14H13NO3/c16-11-8-15(9-11)14(17)6-5-12-7-10-3-1-2-4-13(10)18-12/h1-7,11,16H,8-9H2/b6-5+. The van der Waals surface area contributed by atoms with Crippen LogP contribution in [0, 0.1) is 0 Å². The molecule has 0 saturated carbocycles. The molecule has 2 heterocycles. The van der Waals surface area contributed by atoms with Crippen molar-refractivity contribution in [3.05, 3.63) is 42.2 Å². The molecule has 1 amide bonds. The predicted octanol–water partition coefficient (Wildman–Crippen LogP) is 1.65. The second-order valence-corrected chi connectivity index (χ2v) is 4.42. The summed E-state index contributed by atoms with van der Waals surface area (Å²) in [6.07, 6.45) is 2.77. The molecule has 0 unspecified atom stereocenters. The summed E-state index contributed by atoms with van der Waals surface area (Å²) in [5.74, 6) is 0.561. The van der Waals surface area contributed by atoms with Gasteiger partial charge in [0.1, 0.15) is 11.3 Å².